The highest BCUT2D eigenvalue weighted by Crippen LogP contribution is 2.17. The minimum atomic E-state index is -0.185. The van der Waals surface area contributed by atoms with E-state index in [-0.39, 0.29) is 17.4 Å². The Morgan fingerprint density at radius 2 is 2.27 bits per heavy atom. The number of nitrogens with two attached hydrogens (primary N) is 1. The van der Waals surface area contributed by atoms with Crippen LogP contribution in [-0.4, -0.2) is 17.4 Å². The van der Waals surface area contributed by atoms with E-state index in [1.54, 1.807) is 6.07 Å². The van der Waals surface area contributed by atoms with E-state index in [9.17, 15) is 4.79 Å². The zero-order valence-corrected chi connectivity index (χ0v) is 10.6. The number of amides is 1. The molecule has 0 aromatic heterocycles. The van der Waals surface area contributed by atoms with Gasteiger partial charge in [0.25, 0.3) is 5.91 Å². The molecule has 5 heteroatoms. The average Bonchev–Trinajstić information content (AvgIpc) is 2.14. The van der Waals surface area contributed by atoms with E-state index in [1.807, 2.05) is 19.1 Å². The summed E-state index contributed by atoms with van der Waals surface area (Å²) in [5.41, 5.74) is 6.96. The molecule has 0 saturated carbocycles. The number of aryl methyl sites for hydroxylation is 1. The van der Waals surface area contributed by atoms with E-state index < -0.39 is 0 Å². The van der Waals surface area contributed by atoms with E-state index >= 15 is 0 Å². The molecule has 0 saturated heterocycles. The standard InChI is InChI=1S/C10H11BrN2OS/c1-6-2-3-7(8(11)4-6)10(14)13-5-9(12)15/h2-4H,5H2,1H3,(H2,12,15)(H,13,14). The quantitative estimate of drug-likeness (QED) is 0.833. The summed E-state index contributed by atoms with van der Waals surface area (Å²) >= 11 is 8.00. The smallest absolute Gasteiger partial charge is 0.252 e. The van der Waals surface area contributed by atoms with Gasteiger partial charge in [-0.05, 0) is 40.5 Å². The maximum absolute atomic E-state index is 11.6. The number of hydrogen-bond donors (Lipinski definition) is 2. The fraction of sp³-hybridized carbons (Fsp3) is 0.200. The first kappa shape index (κ1) is 12.1. The highest BCUT2D eigenvalue weighted by molar-refractivity contribution is 9.10. The number of thiocarbonyl (C=S) groups is 1. The van der Waals surface area contributed by atoms with Crippen molar-refractivity contribution in [1.82, 2.24) is 5.32 Å². The van der Waals surface area contributed by atoms with Crippen LogP contribution in [-0.2, 0) is 0 Å². The van der Waals surface area contributed by atoms with Crippen LogP contribution in [0, 0.1) is 6.92 Å². The van der Waals surface area contributed by atoms with Crippen LogP contribution in [0.1, 0.15) is 15.9 Å². The van der Waals surface area contributed by atoms with Gasteiger partial charge >= 0.3 is 0 Å². The average molecular weight is 287 g/mol. The summed E-state index contributed by atoms with van der Waals surface area (Å²) in [7, 11) is 0. The second kappa shape index (κ2) is 5.23. The maximum Gasteiger partial charge on any atom is 0.252 e. The zero-order chi connectivity index (χ0) is 11.4. The highest BCUT2D eigenvalue weighted by Gasteiger charge is 2.09. The van der Waals surface area contributed by atoms with Gasteiger partial charge in [0.15, 0.2) is 0 Å². The van der Waals surface area contributed by atoms with Crippen molar-refractivity contribution in [1.29, 1.82) is 0 Å². The molecule has 0 aliphatic carbocycles. The summed E-state index contributed by atoms with van der Waals surface area (Å²) in [5, 5.41) is 2.62. The van der Waals surface area contributed by atoms with Crippen LogP contribution in [0.5, 0.6) is 0 Å². The summed E-state index contributed by atoms with van der Waals surface area (Å²) < 4.78 is 0.767. The fourth-order valence-electron chi connectivity index (χ4n) is 1.07. The largest absolute Gasteiger partial charge is 0.392 e. The topological polar surface area (TPSA) is 55.1 Å². The third-order valence-electron chi connectivity index (χ3n) is 1.79. The van der Waals surface area contributed by atoms with Gasteiger partial charge in [-0.1, -0.05) is 18.3 Å². The predicted octanol–water partition coefficient (Wildman–Crippen LogP) is 1.77. The molecule has 0 heterocycles. The van der Waals surface area contributed by atoms with E-state index in [0.29, 0.717) is 5.56 Å². The van der Waals surface area contributed by atoms with Crippen molar-refractivity contribution in [2.75, 3.05) is 6.54 Å². The maximum atomic E-state index is 11.6. The van der Waals surface area contributed by atoms with Crippen LogP contribution in [0.25, 0.3) is 0 Å². The van der Waals surface area contributed by atoms with Gasteiger partial charge in [0, 0.05) is 4.47 Å². The van der Waals surface area contributed by atoms with E-state index in [4.69, 9.17) is 5.73 Å². The Morgan fingerprint density at radius 1 is 1.60 bits per heavy atom. The lowest BCUT2D eigenvalue weighted by Gasteiger charge is -2.06. The summed E-state index contributed by atoms with van der Waals surface area (Å²) in [4.78, 5) is 11.9. The summed E-state index contributed by atoms with van der Waals surface area (Å²) in [5.74, 6) is -0.185. The molecule has 0 unspecified atom stereocenters. The molecule has 3 N–H and O–H groups in total. The molecule has 15 heavy (non-hydrogen) atoms. The Hall–Kier alpha value is -0.940. The van der Waals surface area contributed by atoms with Gasteiger partial charge < -0.3 is 11.1 Å². The first-order chi connectivity index (χ1) is 7.00. The molecule has 0 aliphatic heterocycles. The summed E-state index contributed by atoms with van der Waals surface area (Å²) in [6, 6.07) is 5.52. The fourth-order valence-corrected chi connectivity index (χ4v) is 1.81. The van der Waals surface area contributed by atoms with Crippen LogP contribution in [0.4, 0.5) is 0 Å². The third kappa shape index (κ3) is 3.60. The van der Waals surface area contributed by atoms with Crippen LogP contribution in [0.2, 0.25) is 0 Å². The van der Waals surface area contributed by atoms with Gasteiger partial charge in [-0.2, -0.15) is 0 Å². The van der Waals surface area contributed by atoms with Crippen molar-refractivity contribution >= 4 is 39.0 Å². The Kier molecular flexibility index (Phi) is 4.23. The van der Waals surface area contributed by atoms with Crippen molar-refractivity contribution in [3.63, 3.8) is 0 Å². The SMILES string of the molecule is Cc1ccc(C(=O)NCC(N)=S)c(Br)c1. The van der Waals surface area contributed by atoms with Gasteiger partial charge in [0.1, 0.15) is 0 Å². The number of rotatable bonds is 3. The predicted molar refractivity (Wildman–Crippen MR) is 68.0 cm³/mol. The molecule has 3 nitrogen and oxygen atoms in total. The Balaban J connectivity index is 2.78. The summed E-state index contributed by atoms with van der Waals surface area (Å²) in [6.45, 7) is 2.18. The van der Waals surface area contributed by atoms with Crippen LogP contribution < -0.4 is 11.1 Å². The lowest BCUT2D eigenvalue weighted by molar-refractivity contribution is 0.0958. The molecule has 1 aromatic carbocycles. The molecule has 0 spiro atoms. The number of carbonyl (C=O) groups excluding carboxylic acids is 1. The minimum Gasteiger partial charge on any atom is -0.392 e. The molecule has 0 bridgehead atoms. The van der Waals surface area contributed by atoms with E-state index in [2.05, 4.69) is 33.5 Å². The molecular formula is C10H11BrN2OS. The van der Waals surface area contributed by atoms with Crippen molar-refractivity contribution in [3.05, 3.63) is 33.8 Å². The molecule has 80 valence electrons. The summed E-state index contributed by atoms with van der Waals surface area (Å²) in [6.07, 6.45) is 0. The zero-order valence-electron chi connectivity index (χ0n) is 8.21. The number of nitrogens with one attached hydrogen (secondary N) is 1. The van der Waals surface area contributed by atoms with Crippen LogP contribution in [0.3, 0.4) is 0 Å². The number of hydrogen-bond acceptors (Lipinski definition) is 2. The molecule has 0 radical (unpaired) electrons. The van der Waals surface area contributed by atoms with Crippen molar-refractivity contribution in [2.45, 2.75) is 6.92 Å². The molecule has 1 rings (SSSR count). The Labute approximate surface area is 102 Å². The van der Waals surface area contributed by atoms with Crippen molar-refractivity contribution < 1.29 is 4.79 Å². The molecule has 0 atom stereocenters. The third-order valence-corrected chi connectivity index (χ3v) is 2.59. The van der Waals surface area contributed by atoms with Crippen molar-refractivity contribution in [2.24, 2.45) is 5.73 Å². The van der Waals surface area contributed by atoms with Gasteiger partial charge in [0.05, 0.1) is 17.1 Å². The van der Waals surface area contributed by atoms with Crippen LogP contribution >= 0.6 is 28.1 Å². The number of benzene rings is 1. The highest BCUT2D eigenvalue weighted by atomic mass is 79.9. The second-order valence-electron chi connectivity index (χ2n) is 3.13. The Bertz CT molecular complexity index is 406. The molecule has 1 aromatic rings. The number of halogens is 1. The first-order valence-electron chi connectivity index (χ1n) is 4.33. The molecular weight excluding hydrogens is 276 g/mol. The molecule has 0 aliphatic rings. The Morgan fingerprint density at radius 3 is 2.80 bits per heavy atom. The lowest BCUT2D eigenvalue weighted by Crippen LogP contribution is -2.32. The normalized spacial score (nSPS) is 9.73. The lowest BCUT2D eigenvalue weighted by atomic mass is 10.1. The van der Waals surface area contributed by atoms with Gasteiger partial charge in [-0.3, -0.25) is 4.79 Å². The van der Waals surface area contributed by atoms with Gasteiger partial charge in [0.2, 0.25) is 0 Å². The first-order valence-corrected chi connectivity index (χ1v) is 5.53. The molecule has 1 amide bonds. The number of carbonyl (C=O) groups is 1. The minimum absolute atomic E-state index is 0.185. The van der Waals surface area contributed by atoms with Crippen molar-refractivity contribution in [3.8, 4) is 0 Å². The monoisotopic (exact) mass is 286 g/mol. The van der Waals surface area contributed by atoms with Gasteiger partial charge in [-0.25, -0.2) is 0 Å². The molecule has 0 fully saturated rings. The van der Waals surface area contributed by atoms with E-state index in [1.165, 1.54) is 0 Å². The van der Waals surface area contributed by atoms with Gasteiger partial charge in [-0.15, -0.1) is 0 Å². The second-order valence-corrected chi connectivity index (χ2v) is 4.51. The van der Waals surface area contributed by atoms with E-state index in [0.717, 1.165) is 10.0 Å². The van der Waals surface area contributed by atoms with Crippen LogP contribution in [0.15, 0.2) is 22.7 Å².